The van der Waals surface area contributed by atoms with Crippen molar-refractivity contribution in [1.29, 1.82) is 0 Å². The Morgan fingerprint density at radius 3 is 3.06 bits per heavy atom. The van der Waals surface area contributed by atoms with Crippen LogP contribution in [0.3, 0.4) is 0 Å². The molecule has 0 unspecified atom stereocenters. The molecule has 0 aromatic carbocycles. The first-order valence-corrected chi connectivity index (χ1v) is 5.62. The minimum atomic E-state index is 0.557. The molecule has 6 nitrogen and oxygen atoms in total. The standard InChI is InChI=1S/C12H11N5O/c1-2-18-12-8(4-3-5-13-12)9-10-11(16-6-14-9)17-7-15-10/h3-7H,2H2,1H3,(H,14,15,16,17). The fourth-order valence-corrected chi connectivity index (χ4v) is 1.79. The van der Waals surface area contributed by atoms with Crippen molar-refractivity contribution in [2.75, 3.05) is 6.61 Å². The normalized spacial score (nSPS) is 10.7. The van der Waals surface area contributed by atoms with Crippen LogP contribution in [-0.4, -0.2) is 31.5 Å². The Balaban J connectivity index is 2.23. The van der Waals surface area contributed by atoms with Crippen LogP contribution in [0.5, 0.6) is 5.88 Å². The molecule has 0 saturated carbocycles. The van der Waals surface area contributed by atoms with Gasteiger partial charge in [-0.25, -0.2) is 19.9 Å². The quantitative estimate of drug-likeness (QED) is 0.756. The molecule has 3 heterocycles. The second-order valence-electron chi connectivity index (χ2n) is 3.61. The largest absolute Gasteiger partial charge is 0.477 e. The van der Waals surface area contributed by atoms with E-state index in [0.717, 1.165) is 16.8 Å². The number of imidazole rings is 1. The number of rotatable bonds is 3. The second-order valence-corrected chi connectivity index (χ2v) is 3.61. The third-order valence-corrected chi connectivity index (χ3v) is 2.53. The third kappa shape index (κ3) is 1.67. The van der Waals surface area contributed by atoms with Crippen molar-refractivity contribution in [3.63, 3.8) is 0 Å². The molecular weight excluding hydrogens is 230 g/mol. The van der Waals surface area contributed by atoms with Gasteiger partial charge in [-0.2, -0.15) is 0 Å². The summed E-state index contributed by atoms with van der Waals surface area (Å²) in [4.78, 5) is 19.7. The number of hydrogen-bond donors (Lipinski definition) is 1. The highest BCUT2D eigenvalue weighted by Gasteiger charge is 2.13. The summed E-state index contributed by atoms with van der Waals surface area (Å²) in [5.74, 6) is 0.564. The third-order valence-electron chi connectivity index (χ3n) is 2.53. The first kappa shape index (κ1) is 10.6. The Morgan fingerprint density at radius 1 is 1.22 bits per heavy atom. The van der Waals surface area contributed by atoms with Crippen molar-refractivity contribution in [3.05, 3.63) is 31.0 Å². The molecule has 18 heavy (non-hydrogen) atoms. The van der Waals surface area contributed by atoms with Gasteiger partial charge in [-0.15, -0.1) is 0 Å². The zero-order valence-electron chi connectivity index (χ0n) is 9.79. The minimum Gasteiger partial charge on any atom is -0.477 e. The van der Waals surface area contributed by atoms with Crippen LogP contribution in [0.2, 0.25) is 0 Å². The molecule has 3 aromatic heterocycles. The Bertz CT molecular complexity index is 679. The van der Waals surface area contributed by atoms with Crippen LogP contribution >= 0.6 is 0 Å². The van der Waals surface area contributed by atoms with Gasteiger partial charge in [0, 0.05) is 6.20 Å². The van der Waals surface area contributed by atoms with Crippen molar-refractivity contribution < 1.29 is 4.74 Å². The molecule has 0 aliphatic rings. The monoisotopic (exact) mass is 241 g/mol. The molecule has 0 saturated heterocycles. The van der Waals surface area contributed by atoms with Crippen LogP contribution in [-0.2, 0) is 0 Å². The van der Waals surface area contributed by atoms with Gasteiger partial charge in [0.1, 0.15) is 17.5 Å². The number of nitrogens with zero attached hydrogens (tertiary/aromatic N) is 4. The first-order valence-electron chi connectivity index (χ1n) is 5.62. The Labute approximate surface area is 103 Å². The van der Waals surface area contributed by atoms with Gasteiger partial charge in [-0.3, -0.25) is 0 Å². The Kier molecular flexibility index (Phi) is 2.60. The maximum absolute atomic E-state index is 5.51. The summed E-state index contributed by atoms with van der Waals surface area (Å²) in [5.41, 5.74) is 2.99. The van der Waals surface area contributed by atoms with E-state index in [2.05, 4.69) is 24.9 Å². The summed E-state index contributed by atoms with van der Waals surface area (Å²) in [6, 6.07) is 3.77. The molecule has 0 spiro atoms. The van der Waals surface area contributed by atoms with E-state index in [1.807, 2.05) is 19.1 Å². The highest BCUT2D eigenvalue weighted by molar-refractivity contribution is 5.88. The van der Waals surface area contributed by atoms with Gasteiger partial charge in [0.15, 0.2) is 5.65 Å². The average Bonchev–Trinajstić information content (AvgIpc) is 2.88. The van der Waals surface area contributed by atoms with Crippen LogP contribution in [0.25, 0.3) is 22.4 Å². The molecule has 6 heteroatoms. The van der Waals surface area contributed by atoms with Crippen LogP contribution < -0.4 is 4.74 Å². The number of ether oxygens (including phenoxy) is 1. The maximum atomic E-state index is 5.51. The van der Waals surface area contributed by atoms with Crippen LogP contribution in [0.1, 0.15) is 6.92 Å². The molecular formula is C12H11N5O. The molecule has 0 atom stereocenters. The average molecular weight is 241 g/mol. The van der Waals surface area contributed by atoms with E-state index in [1.54, 1.807) is 12.5 Å². The molecule has 0 radical (unpaired) electrons. The molecule has 90 valence electrons. The van der Waals surface area contributed by atoms with Crippen LogP contribution in [0.15, 0.2) is 31.0 Å². The molecule has 0 aliphatic heterocycles. The summed E-state index contributed by atoms with van der Waals surface area (Å²) >= 11 is 0. The van der Waals surface area contributed by atoms with E-state index in [-0.39, 0.29) is 0 Å². The molecule has 0 amide bonds. The molecule has 3 aromatic rings. The van der Waals surface area contributed by atoms with E-state index < -0.39 is 0 Å². The molecule has 0 aliphatic carbocycles. The number of hydrogen-bond acceptors (Lipinski definition) is 5. The molecule has 1 N–H and O–H groups in total. The van der Waals surface area contributed by atoms with E-state index in [0.29, 0.717) is 18.1 Å². The lowest BCUT2D eigenvalue weighted by atomic mass is 10.2. The van der Waals surface area contributed by atoms with Gasteiger partial charge in [-0.05, 0) is 19.1 Å². The van der Waals surface area contributed by atoms with Gasteiger partial charge >= 0.3 is 0 Å². The Hall–Kier alpha value is -2.50. The summed E-state index contributed by atoms with van der Waals surface area (Å²) < 4.78 is 5.51. The number of aromatic nitrogens is 5. The van der Waals surface area contributed by atoms with Gasteiger partial charge in [0.2, 0.25) is 5.88 Å². The van der Waals surface area contributed by atoms with Crippen molar-refractivity contribution in [1.82, 2.24) is 24.9 Å². The maximum Gasteiger partial charge on any atom is 0.222 e. The molecule has 3 rings (SSSR count). The number of fused-ring (bicyclic) bond motifs is 1. The van der Waals surface area contributed by atoms with Crippen molar-refractivity contribution in [3.8, 4) is 17.1 Å². The zero-order valence-corrected chi connectivity index (χ0v) is 9.79. The van der Waals surface area contributed by atoms with E-state index >= 15 is 0 Å². The predicted octanol–water partition coefficient (Wildman–Crippen LogP) is 1.81. The molecule has 0 fully saturated rings. The summed E-state index contributed by atoms with van der Waals surface area (Å²) in [6.45, 7) is 2.48. The van der Waals surface area contributed by atoms with Crippen molar-refractivity contribution in [2.24, 2.45) is 0 Å². The lowest BCUT2D eigenvalue weighted by Gasteiger charge is -2.08. The van der Waals surface area contributed by atoms with Crippen molar-refractivity contribution >= 4 is 11.2 Å². The fourth-order valence-electron chi connectivity index (χ4n) is 1.79. The highest BCUT2D eigenvalue weighted by atomic mass is 16.5. The first-order chi connectivity index (χ1) is 8.90. The smallest absolute Gasteiger partial charge is 0.222 e. The minimum absolute atomic E-state index is 0.557. The van der Waals surface area contributed by atoms with Gasteiger partial charge < -0.3 is 9.72 Å². The zero-order chi connectivity index (χ0) is 12.4. The summed E-state index contributed by atoms with van der Waals surface area (Å²) in [5, 5.41) is 0. The predicted molar refractivity (Wildman–Crippen MR) is 66.1 cm³/mol. The lowest BCUT2D eigenvalue weighted by Crippen LogP contribution is -1.98. The number of H-pyrrole nitrogens is 1. The van der Waals surface area contributed by atoms with E-state index in [4.69, 9.17) is 4.74 Å². The molecule has 0 bridgehead atoms. The lowest BCUT2D eigenvalue weighted by molar-refractivity contribution is 0.328. The van der Waals surface area contributed by atoms with E-state index in [1.165, 1.54) is 6.33 Å². The Morgan fingerprint density at radius 2 is 2.17 bits per heavy atom. The number of aromatic amines is 1. The number of pyridine rings is 1. The second kappa shape index (κ2) is 4.40. The van der Waals surface area contributed by atoms with E-state index in [9.17, 15) is 0 Å². The van der Waals surface area contributed by atoms with Crippen LogP contribution in [0.4, 0.5) is 0 Å². The van der Waals surface area contributed by atoms with Gasteiger partial charge in [0.25, 0.3) is 0 Å². The number of nitrogens with one attached hydrogen (secondary N) is 1. The SMILES string of the molecule is CCOc1ncccc1-c1ncnc2nc[nH]c12. The van der Waals surface area contributed by atoms with Gasteiger partial charge in [0.05, 0.1) is 18.5 Å². The summed E-state index contributed by atoms with van der Waals surface area (Å²) in [7, 11) is 0. The van der Waals surface area contributed by atoms with Crippen LogP contribution in [0, 0.1) is 0 Å². The summed E-state index contributed by atoms with van der Waals surface area (Å²) in [6.07, 6.45) is 4.78. The van der Waals surface area contributed by atoms with Gasteiger partial charge in [-0.1, -0.05) is 0 Å². The van der Waals surface area contributed by atoms with Crippen molar-refractivity contribution in [2.45, 2.75) is 6.92 Å². The topological polar surface area (TPSA) is 76.6 Å². The fraction of sp³-hybridized carbons (Fsp3) is 0.167. The highest BCUT2D eigenvalue weighted by Crippen LogP contribution is 2.29.